The molecule has 0 aromatic carbocycles. The van der Waals surface area contributed by atoms with Gasteiger partial charge in [0.25, 0.3) is 5.91 Å². The number of imide groups is 1. The number of rotatable bonds is 3. The number of carboxylic acid groups (broad SMARTS) is 1. The van der Waals surface area contributed by atoms with Gasteiger partial charge in [0.15, 0.2) is 0 Å². The summed E-state index contributed by atoms with van der Waals surface area (Å²) in [6.45, 7) is 4.44. The Morgan fingerprint density at radius 2 is 1.85 bits per heavy atom. The molecule has 0 radical (unpaired) electrons. The summed E-state index contributed by atoms with van der Waals surface area (Å²) >= 11 is 0. The van der Waals surface area contributed by atoms with Gasteiger partial charge in [-0.3, -0.25) is 10.1 Å². The normalized spacial score (nSPS) is 20.9. The van der Waals surface area contributed by atoms with Crippen molar-refractivity contribution in [3.8, 4) is 0 Å². The van der Waals surface area contributed by atoms with Crippen LogP contribution in [0.25, 0.3) is 0 Å². The third-order valence-corrected chi connectivity index (χ3v) is 3.41. The molecule has 1 heterocycles. The summed E-state index contributed by atoms with van der Waals surface area (Å²) in [6.07, 6.45) is 1.86. The number of likely N-dealkylation sites (N-methyl/N-ethyl adjacent to an activating group) is 1. The maximum Gasteiger partial charge on any atom is 0.331 e. The fourth-order valence-corrected chi connectivity index (χ4v) is 2.03. The molecule has 1 aliphatic heterocycles. The Kier molecular flexibility index (Phi) is 5.69. The topological polar surface area (TPSA) is 98.7 Å². The first kappa shape index (κ1) is 16.2. The molecule has 0 aliphatic carbocycles. The molecule has 1 saturated heterocycles. The first-order chi connectivity index (χ1) is 9.31. The van der Waals surface area contributed by atoms with Gasteiger partial charge in [0.2, 0.25) is 0 Å². The average molecular weight is 283 g/mol. The molecule has 1 rings (SSSR count). The van der Waals surface area contributed by atoms with E-state index >= 15 is 0 Å². The Morgan fingerprint density at radius 1 is 1.20 bits per heavy atom. The van der Waals surface area contributed by atoms with Gasteiger partial charge in [-0.05, 0) is 40.3 Å². The molecule has 0 bridgehead atoms. The monoisotopic (exact) mass is 283 g/mol. The van der Waals surface area contributed by atoms with Crippen LogP contribution >= 0.6 is 0 Å². The van der Waals surface area contributed by atoms with Gasteiger partial charge >= 0.3 is 12.0 Å². The van der Waals surface area contributed by atoms with Gasteiger partial charge in [-0.1, -0.05) is 0 Å². The minimum Gasteiger partial charge on any atom is -0.478 e. The molecule has 1 fully saturated rings. The minimum atomic E-state index is -1.17. The van der Waals surface area contributed by atoms with Crippen LogP contribution in [0.5, 0.6) is 0 Å². The molecule has 1 atom stereocenters. The predicted octanol–water partition coefficient (Wildman–Crippen LogP) is 0.327. The highest BCUT2D eigenvalue weighted by molar-refractivity contribution is 6.07. The maximum atomic E-state index is 11.7. The number of carbonyl (C=O) groups excluding carboxylic acids is 2. The van der Waals surface area contributed by atoms with Crippen LogP contribution in [-0.4, -0.2) is 54.1 Å². The average Bonchev–Trinajstić information content (AvgIpc) is 2.36. The van der Waals surface area contributed by atoms with Gasteiger partial charge in [-0.25, -0.2) is 9.59 Å². The van der Waals surface area contributed by atoms with Gasteiger partial charge in [0.1, 0.15) is 0 Å². The van der Waals surface area contributed by atoms with Crippen LogP contribution in [0.3, 0.4) is 0 Å². The molecule has 3 N–H and O–H groups in total. The SMILES string of the molecule is CC(C(=O)O)=C(C)C(=O)NC(=O)NC1CCCN(C)C1. The molecule has 0 aromatic rings. The van der Waals surface area contributed by atoms with Crippen molar-refractivity contribution >= 4 is 17.9 Å². The number of nitrogens with zero attached hydrogens (tertiary/aromatic N) is 1. The van der Waals surface area contributed by atoms with Gasteiger partial charge in [-0.2, -0.15) is 0 Å². The van der Waals surface area contributed by atoms with E-state index in [1.165, 1.54) is 13.8 Å². The van der Waals surface area contributed by atoms with E-state index in [-0.39, 0.29) is 17.2 Å². The van der Waals surface area contributed by atoms with Crippen molar-refractivity contribution in [3.63, 3.8) is 0 Å². The summed E-state index contributed by atoms with van der Waals surface area (Å²) in [5, 5.41) is 13.7. The molecule has 0 aromatic heterocycles. The van der Waals surface area contributed by atoms with Crippen LogP contribution in [0, 0.1) is 0 Å². The van der Waals surface area contributed by atoms with E-state index in [1.807, 2.05) is 7.05 Å². The molecule has 0 spiro atoms. The van der Waals surface area contributed by atoms with Crippen LogP contribution < -0.4 is 10.6 Å². The molecule has 1 unspecified atom stereocenters. The quantitative estimate of drug-likeness (QED) is 0.648. The van der Waals surface area contributed by atoms with E-state index in [4.69, 9.17) is 5.11 Å². The number of hydrogen-bond acceptors (Lipinski definition) is 4. The highest BCUT2D eigenvalue weighted by Crippen LogP contribution is 2.08. The summed E-state index contributed by atoms with van der Waals surface area (Å²) in [5.74, 6) is -1.86. The zero-order chi connectivity index (χ0) is 15.3. The van der Waals surface area contributed by atoms with Crippen molar-refractivity contribution in [3.05, 3.63) is 11.1 Å². The highest BCUT2D eigenvalue weighted by Gasteiger charge is 2.20. The molecule has 3 amide bonds. The Hall–Kier alpha value is -1.89. The molecule has 1 aliphatic rings. The van der Waals surface area contributed by atoms with E-state index < -0.39 is 17.9 Å². The third-order valence-electron chi connectivity index (χ3n) is 3.41. The van der Waals surface area contributed by atoms with E-state index in [9.17, 15) is 14.4 Å². The number of piperidine rings is 1. The number of hydrogen-bond donors (Lipinski definition) is 3. The van der Waals surface area contributed by atoms with E-state index in [0.717, 1.165) is 25.9 Å². The largest absolute Gasteiger partial charge is 0.478 e. The first-order valence-electron chi connectivity index (χ1n) is 6.52. The van der Waals surface area contributed by atoms with Crippen molar-refractivity contribution in [2.45, 2.75) is 32.7 Å². The fourth-order valence-electron chi connectivity index (χ4n) is 2.03. The standard InChI is InChI=1S/C13H21N3O4/c1-8(9(2)12(18)19)11(17)15-13(20)14-10-5-4-6-16(3)7-10/h10H,4-7H2,1-3H3,(H,18,19)(H2,14,15,17,20). The summed E-state index contributed by atoms with van der Waals surface area (Å²) in [7, 11) is 1.97. The van der Waals surface area contributed by atoms with Crippen molar-refractivity contribution in [2.24, 2.45) is 0 Å². The molecule has 7 heteroatoms. The number of nitrogens with one attached hydrogen (secondary N) is 2. The second-order valence-electron chi connectivity index (χ2n) is 5.08. The molecule has 7 nitrogen and oxygen atoms in total. The van der Waals surface area contributed by atoms with Crippen molar-refractivity contribution in [1.82, 2.24) is 15.5 Å². The maximum absolute atomic E-state index is 11.7. The molecule has 0 saturated carbocycles. The van der Waals surface area contributed by atoms with Gasteiger partial charge in [0, 0.05) is 23.7 Å². The van der Waals surface area contributed by atoms with Crippen molar-refractivity contribution in [2.75, 3.05) is 20.1 Å². The lowest BCUT2D eigenvalue weighted by atomic mass is 10.1. The third kappa shape index (κ3) is 4.65. The molecular formula is C13H21N3O4. The predicted molar refractivity (Wildman–Crippen MR) is 73.2 cm³/mol. The van der Waals surface area contributed by atoms with Crippen molar-refractivity contribution < 1.29 is 19.5 Å². The number of urea groups is 1. The molecule has 112 valence electrons. The van der Waals surface area contributed by atoms with Gasteiger partial charge in [0.05, 0.1) is 0 Å². The van der Waals surface area contributed by atoms with E-state index in [0.29, 0.717) is 0 Å². The van der Waals surface area contributed by atoms with Crippen molar-refractivity contribution in [1.29, 1.82) is 0 Å². The number of aliphatic carboxylic acids is 1. The Labute approximate surface area is 118 Å². The highest BCUT2D eigenvalue weighted by atomic mass is 16.4. The fraction of sp³-hybridized carbons (Fsp3) is 0.615. The number of carboxylic acids is 1. The zero-order valence-corrected chi connectivity index (χ0v) is 12.0. The summed E-state index contributed by atoms with van der Waals surface area (Å²) in [4.78, 5) is 36.2. The van der Waals surface area contributed by atoms with Crippen LogP contribution in [0.15, 0.2) is 11.1 Å². The van der Waals surface area contributed by atoms with Crippen LogP contribution in [-0.2, 0) is 9.59 Å². The van der Waals surface area contributed by atoms with E-state index in [2.05, 4.69) is 15.5 Å². The summed E-state index contributed by atoms with van der Waals surface area (Å²) in [6, 6.07) is -0.584. The number of likely N-dealkylation sites (tertiary alicyclic amines) is 1. The first-order valence-corrected chi connectivity index (χ1v) is 6.52. The lowest BCUT2D eigenvalue weighted by Crippen LogP contribution is -2.50. The van der Waals surface area contributed by atoms with Gasteiger partial charge in [-0.15, -0.1) is 0 Å². The number of amides is 3. The zero-order valence-electron chi connectivity index (χ0n) is 12.0. The Balaban J connectivity index is 2.52. The molecule has 20 heavy (non-hydrogen) atoms. The van der Waals surface area contributed by atoms with Gasteiger partial charge < -0.3 is 15.3 Å². The van der Waals surface area contributed by atoms with Crippen LogP contribution in [0.2, 0.25) is 0 Å². The lowest BCUT2D eigenvalue weighted by molar-refractivity contribution is -0.133. The second kappa shape index (κ2) is 7.04. The van der Waals surface area contributed by atoms with E-state index in [1.54, 1.807) is 0 Å². The molecular weight excluding hydrogens is 262 g/mol. The van der Waals surface area contributed by atoms with Crippen LogP contribution in [0.4, 0.5) is 4.79 Å². The smallest absolute Gasteiger partial charge is 0.331 e. The second-order valence-corrected chi connectivity index (χ2v) is 5.08. The lowest BCUT2D eigenvalue weighted by Gasteiger charge is -2.30. The Bertz CT molecular complexity index is 445. The summed E-state index contributed by atoms with van der Waals surface area (Å²) < 4.78 is 0. The number of carbonyl (C=O) groups is 3. The Morgan fingerprint density at radius 3 is 2.40 bits per heavy atom. The summed E-state index contributed by atoms with van der Waals surface area (Å²) in [5.41, 5.74) is -0.0545. The minimum absolute atomic E-state index is 0.00593. The van der Waals surface area contributed by atoms with Crippen LogP contribution in [0.1, 0.15) is 26.7 Å².